The van der Waals surface area contributed by atoms with Crippen LogP contribution >= 0.6 is 7.60 Å². The fourth-order valence-corrected chi connectivity index (χ4v) is 3.54. The van der Waals surface area contributed by atoms with Crippen LogP contribution in [0.3, 0.4) is 0 Å². The fraction of sp³-hybridized carbons (Fsp3) is 0.278. The van der Waals surface area contributed by atoms with Gasteiger partial charge in [0.1, 0.15) is 0 Å². The molecule has 0 radical (unpaired) electrons. The van der Waals surface area contributed by atoms with Crippen LogP contribution in [-0.2, 0) is 14.5 Å². The first-order valence-electron chi connectivity index (χ1n) is 7.61. The van der Waals surface area contributed by atoms with Gasteiger partial charge in [0.2, 0.25) is 0 Å². The van der Waals surface area contributed by atoms with E-state index in [-0.39, 0.29) is 22.9 Å². The number of hydrogen-bond donors (Lipinski definition) is 2. The zero-order chi connectivity index (χ0) is 18.0. The summed E-state index contributed by atoms with van der Waals surface area (Å²) in [5, 5.41) is 9.24. The molecule has 5 nitrogen and oxygen atoms in total. The standard InChI is InChI=1S/C18H21O5P/c1-4-23-24(21,22)16-11-9-15(10-12-16)18(2,3)14-7-5-13(6-8-14)17(19)20/h5-12H,4H2,1-3H3,(H,19,20)(H,21,22). The van der Waals surface area contributed by atoms with Crippen molar-refractivity contribution in [2.45, 2.75) is 26.2 Å². The molecule has 24 heavy (non-hydrogen) atoms. The maximum absolute atomic E-state index is 12.0. The third-order valence-corrected chi connectivity index (χ3v) is 5.63. The summed E-state index contributed by atoms with van der Waals surface area (Å²) in [4.78, 5) is 20.8. The van der Waals surface area contributed by atoms with Gasteiger partial charge in [-0.1, -0.05) is 38.1 Å². The lowest BCUT2D eigenvalue weighted by atomic mass is 9.78. The summed E-state index contributed by atoms with van der Waals surface area (Å²) >= 11 is 0. The van der Waals surface area contributed by atoms with Crippen LogP contribution in [0.25, 0.3) is 0 Å². The van der Waals surface area contributed by atoms with E-state index >= 15 is 0 Å². The maximum Gasteiger partial charge on any atom is 0.358 e. The van der Waals surface area contributed by atoms with Crippen LogP contribution in [0.15, 0.2) is 48.5 Å². The highest BCUT2D eigenvalue weighted by Gasteiger charge is 2.26. The Hall–Kier alpha value is -1.94. The number of aromatic carboxylic acids is 1. The minimum atomic E-state index is -3.77. The normalized spacial score (nSPS) is 14.2. The number of benzene rings is 2. The van der Waals surface area contributed by atoms with Crippen molar-refractivity contribution in [1.82, 2.24) is 0 Å². The summed E-state index contributed by atoms with van der Waals surface area (Å²) in [5.74, 6) is -0.960. The predicted molar refractivity (Wildman–Crippen MR) is 93.1 cm³/mol. The highest BCUT2D eigenvalue weighted by molar-refractivity contribution is 7.61. The average molecular weight is 348 g/mol. The SMILES string of the molecule is CCOP(=O)(O)c1ccc(C(C)(C)c2ccc(C(=O)O)cc2)cc1. The third kappa shape index (κ3) is 3.75. The number of carbonyl (C=O) groups is 1. The lowest BCUT2D eigenvalue weighted by Crippen LogP contribution is -2.20. The second-order valence-electron chi connectivity index (χ2n) is 5.99. The van der Waals surface area contributed by atoms with Gasteiger partial charge in [0.25, 0.3) is 0 Å². The Morgan fingerprint density at radius 1 is 1.04 bits per heavy atom. The minimum absolute atomic E-state index is 0.164. The lowest BCUT2D eigenvalue weighted by Gasteiger charge is -2.26. The molecule has 1 unspecified atom stereocenters. The quantitative estimate of drug-likeness (QED) is 0.780. The molecule has 0 aliphatic carbocycles. The molecule has 0 aromatic heterocycles. The molecule has 0 saturated carbocycles. The first-order chi connectivity index (χ1) is 11.2. The van der Waals surface area contributed by atoms with E-state index in [1.165, 1.54) is 0 Å². The Balaban J connectivity index is 2.32. The average Bonchev–Trinajstić information content (AvgIpc) is 2.55. The van der Waals surface area contributed by atoms with Crippen LogP contribution in [0.2, 0.25) is 0 Å². The van der Waals surface area contributed by atoms with Gasteiger partial charge in [0.05, 0.1) is 17.5 Å². The molecule has 2 rings (SSSR count). The van der Waals surface area contributed by atoms with Crippen LogP contribution in [0, 0.1) is 0 Å². The molecule has 0 aliphatic heterocycles. The molecule has 0 spiro atoms. The van der Waals surface area contributed by atoms with Gasteiger partial charge >= 0.3 is 13.6 Å². The van der Waals surface area contributed by atoms with Crippen molar-refractivity contribution >= 4 is 18.9 Å². The summed E-state index contributed by atoms with van der Waals surface area (Å²) in [6.45, 7) is 5.86. The zero-order valence-corrected chi connectivity index (χ0v) is 14.8. The van der Waals surface area contributed by atoms with Crippen molar-refractivity contribution in [1.29, 1.82) is 0 Å². The van der Waals surface area contributed by atoms with Crippen molar-refractivity contribution in [2.75, 3.05) is 6.61 Å². The minimum Gasteiger partial charge on any atom is -0.478 e. The Morgan fingerprint density at radius 3 is 1.92 bits per heavy atom. The Bertz CT molecular complexity index is 763. The highest BCUT2D eigenvalue weighted by Crippen LogP contribution is 2.41. The van der Waals surface area contributed by atoms with E-state index in [9.17, 15) is 14.3 Å². The Labute approximate surface area is 141 Å². The molecule has 2 N–H and O–H groups in total. The molecule has 0 bridgehead atoms. The summed E-state index contributed by atoms with van der Waals surface area (Å²) < 4.78 is 16.9. The van der Waals surface area contributed by atoms with Crippen molar-refractivity contribution in [2.24, 2.45) is 0 Å². The van der Waals surface area contributed by atoms with Gasteiger partial charge in [-0.25, -0.2) is 4.79 Å². The van der Waals surface area contributed by atoms with Gasteiger partial charge in [-0.3, -0.25) is 4.57 Å². The maximum atomic E-state index is 12.0. The second-order valence-corrected chi connectivity index (χ2v) is 7.81. The summed E-state index contributed by atoms with van der Waals surface area (Å²) in [6.07, 6.45) is 0. The van der Waals surface area contributed by atoms with Gasteiger partial charge < -0.3 is 14.5 Å². The number of rotatable bonds is 6. The predicted octanol–water partition coefficient (Wildman–Crippen LogP) is 3.56. The van der Waals surface area contributed by atoms with Crippen LogP contribution in [0.4, 0.5) is 0 Å². The summed E-state index contributed by atoms with van der Waals surface area (Å²) in [7, 11) is -3.77. The summed E-state index contributed by atoms with van der Waals surface area (Å²) in [6, 6.07) is 13.5. The van der Waals surface area contributed by atoms with E-state index in [1.807, 2.05) is 13.8 Å². The molecule has 6 heteroatoms. The lowest BCUT2D eigenvalue weighted by molar-refractivity contribution is 0.0697. The van der Waals surface area contributed by atoms with E-state index < -0.39 is 13.6 Å². The molecule has 0 saturated heterocycles. The van der Waals surface area contributed by atoms with Crippen LogP contribution < -0.4 is 5.30 Å². The van der Waals surface area contributed by atoms with E-state index in [0.717, 1.165) is 11.1 Å². The van der Waals surface area contributed by atoms with Gasteiger partial charge in [-0.05, 0) is 42.3 Å². The van der Waals surface area contributed by atoms with Gasteiger partial charge in [0, 0.05) is 5.41 Å². The van der Waals surface area contributed by atoms with Crippen molar-refractivity contribution in [3.05, 3.63) is 65.2 Å². The van der Waals surface area contributed by atoms with E-state index in [2.05, 4.69) is 0 Å². The molecule has 0 heterocycles. The van der Waals surface area contributed by atoms with Crippen molar-refractivity contribution in [3.8, 4) is 0 Å². The molecule has 0 fully saturated rings. The van der Waals surface area contributed by atoms with Crippen LogP contribution in [-0.4, -0.2) is 22.6 Å². The first-order valence-corrected chi connectivity index (χ1v) is 9.18. The zero-order valence-electron chi connectivity index (χ0n) is 13.9. The van der Waals surface area contributed by atoms with Crippen LogP contribution in [0.5, 0.6) is 0 Å². The molecule has 2 aromatic carbocycles. The van der Waals surface area contributed by atoms with Crippen molar-refractivity contribution in [3.63, 3.8) is 0 Å². The molecule has 0 amide bonds. The number of carboxylic acid groups (broad SMARTS) is 1. The van der Waals surface area contributed by atoms with E-state index in [0.29, 0.717) is 0 Å². The van der Waals surface area contributed by atoms with E-state index in [1.54, 1.807) is 55.5 Å². The third-order valence-electron chi connectivity index (χ3n) is 4.07. The molecule has 1 atom stereocenters. The van der Waals surface area contributed by atoms with Gasteiger partial charge in [-0.2, -0.15) is 0 Å². The second kappa shape index (κ2) is 6.89. The molecular formula is C18H21O5P. The van der Waals surface area contributed by atoms with Crippen LogP contribution in [0.1, 0.15) is 42.3 Å². The summed E-state index contributed by atoms with van der Waals surface area (Å²) in [5.41, 5.74) is 1.77. The Morgan fingerprint density at radius 2 is 1.50 bits per heavy atom. The molecular weight excluding hydrogens is 327 g/mol. The molecule has 128 valence electrons. The fourth-order valence-electron chi connectivity index (χ4n) is 2.51. The van der Waals surface area contributed by atoms with Gasteiger partial charge in [-0.15, -0.1) is 0 Å². The first kappa shape index (κ1) is 18.4. The topological polar surface area (TPSA) is 83.8 Å². The van der Waals surface area contributed by atoms with E-state index in [4.69, 9.17) is 9.63 Å². The number of hydrogen-bond acceptors (Lipinski definition) is 3. The molecule has 0 aliphatic rings. The highest BCUT2D eigenvalue weighted by atomic mass is 31.2. The molecule has 2 aromatic rings. The Kier molecular flexibility index (Phi) is 5.29. The van der Waals surface area contributed by atoms with Crippen molar-refractivity contribution < 1.29 is 23.9 Å². The largest absolute Gasteiger partial charge is 0.478 e. The smallest absolute Gasteiger partial charge is 0.358 e. The monoisotopic (exact) mass is 348 g/mol. The number of carboxylic acids is 1. The van der Waals surface area contributed by atoms with Gasteiger partial charge in [0.15, 0.2) is 0 Å².